The summed E-state index contributed by atoms with van der Waals surface area (Å²) in [5.41, 5.74) is 4.82. The molecule has 0 aliphatic carbocycles. The lowest BCUT2D eigenvalue weighted by atomic mass is 9.97. The topological polar surface area (TPSA) is 60.7 Å². The van der Waals surface area contributed by atoms with Gasteiger partial charge in [-0.2, -0.15) is 4.98 Å². The molecule has 0 atom stereocenters. The first kappa shape index (κ1) is 18.6. The van der Waals surface area contributed by atoms with E-state index in [-0.39, 0.29) is 5.69 Å². The van der Waals surface area contributed by atoms with Crippen LogP contribution in [-0.4, -0.2) is 19.7 Å². The van der Waals surface area contributed by atoms with Crippen molar-refractivity contribution in [3.8, 4) is 28.1 Å². The van der Waals surface area contributed by atoms with Gasteiger partial charge in [0, 0.05) is 22.7 Å². The predicted molar refractivity (Wildman–Crippen MR) is 129 cm³/mol. The molecule has 0 N–H and O–H groups in total. The summed E-state index contributed by atoms with van der Waals surface area (Å²) in [4.78, 5) is 18.3. The summed E-state index contributed by atoms with van der Waals surface area (Å²) >= 11 is 1.50. The van der Waals surface area contributed by atoms with Gasteiger partial charge < -0.3 is 0 Å². The van der Waals surface area contributed by atoms with E-state index >= 15 is 0 Å². The fraction of sp³-hybridized carbons (Fsp3) is 0. The Kier molecular flexibility index (Phi) is 4.37. The molecule has 0 fully saturated rings. The van der Waals surface area contributed by atoms with E-state index in [1.54, 1.807) is 4.57 Å². The second-order valence-corrected chi connectivity index (χ2v) is 8.41. The third-order valence-corrected chi connectivity index (χ3v) is 6.42. The average molecular weight is 433 g/mol. The normalized spacial score (nSPS) is 11.2. The Labute approximate surface area is 187 Å². The van der Waals surface area contributed by atoms with Crippen LogP contribution >= 0.6 is 11.3 Å². The Balaban J connectivity index is 1.71. The highest BCUT2D eigenvalue weighted by Gasteiger charge is 2.20. The van der Waals surface area contributed by atoms with Crippen molar-refractivity contribution in [1.29, 1.82) is 0 Å². The van der Waals surface area contributed by atoms with Crippen molar-refractivity contribution in [3.05, 3.63) is 108 Å². The van der Waals surface area contributed by atoms with Gasteiger partial charge in [0.05, 0.1) is 15.9 Å². The summed E-state index contributed by atoms with van der Waals surface area (Å²) in [6, 6.07) is 29.6. The van der Waals surface area contributed by atoms with Crippen LogP contribution in [0.2, 0.25) is 0 Å². The van der Waals surface area contributed by atoms with Gasteiger partial charge in [-0.05, 0) is 17.7 Å². The molecule has 3 aromatic heterocycles. The van der Waals surface area contributed by atoms with Crippen molar-refractivity contribution in [3.63, 3.8) is 0 Å². The summed E-state index contributed by atoms with van der Waals surface area (Å²) < 4.78 is 2.46. The average Bonchev–Trinajstić information content (AvgIpc) is 3.22. The molecule has 0 spiro atoms. The Morgan fingerprint density at radius 2 is 1.34 bits per heavy atom. The predicted octanol–water partition coefficient (Wildman–Crippen LogP) is 5.72. The monoisotopic (exact) mass is 432 g/mol. The number of aromatic nitrogens is 4. The molecule has 6 rings (SSSR count). The van der Waals surface area contributed by atoms with Crippen LogP contribution in [0.5, 0.6) is 0 Å². The van der Waals surface area contributed by atoms with Gasteiger partial charge in [0.25, 0.3) is 0 Å². The van der Waals surface area contributed by atoms with Gasteiger partial charge in [-0.15, -0.1) is 21.5 Å². The maximum absolute atomic E-state index is 13.0. The highest BCUT2D eigenvalue weighted by molar-refractivity contribution is 7.25. The Bertz CT molecular complexity index is 1630. The zero-order chi connectivity index (χ0) is 21.5. The van der Waals surface area contributed by atoms with Crippen LogP contribution in [0, 0.1) is 0 Å². The van der Waals surface area contributed by atoms with Gasteiger partial charge in [-0.1, -0.05) is 78.9 Å². The molecule has 0 unspecified atom stereocenters. The summed E-state index contributed by atoms with van der Waals surface area (Å²) in [7, 11) is 0. The van der Waals surface area contributed by atoms with Gasteiger partial charge >= 0.3 is 5.69 Å². The molecule has 3 aromatic carbocycles. The van der Waals surface area contributed by atoms with Crippen molar-refractivity contribution in [2.75, 3.05) is 0 Å². The fourth-order valence-corrected chi connectivity index (χ4v) is 4.96. The minimum absolute atomic E-state index is 0.319. The lowest BCUT2D eigenvalue weighted by molar-refractivity contribution is 0.942. The van der Waals surface area contributed by atoms with Crippen molar-refractivity contribution < 1.29 is 0 Å². The fourth-order valence-electron chi connectivity index (χ4n) is 3.97. The first-order valence-electron chi connectivity index (χ1n) is 10.2. The van der Waals surface area contributed by atoms with E-state index in [0.29, 0.717) is 5.52 Å². The largest absolute Gasteiger partial charge is 0.352 e. The second kappa shape index (κ2) is 7.51. The summed E-state index contributed by atoms with van der Waals surface area (Å²) in [5.74, 6) is 0. The molecule has 0 saturated carbocycles. The molecule has 6 heteroatoms. The van der Waals surface area contributed by atoms with E-state index in [1.165, 1.54) is 11.3 Å². The lowest BCUT2D eigenvalue weighted by Crippen LogP contribution is -2.20. The SMILES string of the molecule is O=c1nc2c(cn1-c1ccccc1)sc1nnc(-c3ccccc3)c(-c3ccccc3)c12. The van der Waals surface area contributed by atoms with Crippen molar-refractivity contribution in [1.82, 2.24) is 19.7 Å². The van der Waals surface area contributed by atoms with E-state index < -0.39 is 0 Å². The minimum atomic E-state index is -0.319. The summed E-state index contributed by atoms with van der Waals surface area (Å²) in [6.45, 7) is 0. The van der Waals surface area contributed by atoms with Gasteiger partial charge in [0.1, 0.15) is 10.5 Å². The van der Waals surface area contributed by atoms with Gasteiger partial charge in [-0.3, -0.25) is 4.57 Å². The van der Waals surface area contributed by atoms with Gasteiger partial charge in [0.15, 0.2) is 0 Å². The molecule has 3 heterocycles. The van der Waals surface area contributed by atoms with E-state index in [9.17, 15) is 4.79 Å². The highest BCUT2D eigenvalue weighted by Crippen LogP contribution is 2.41. The molecule has 0 radical (unpaired) electrons. The van der Waals surface area contributed by atoms with Crippen molar-refractivity contribution >= 4 is 31.8 Å². The number of benzene rings is 3. The molecule has 0 bridgehead atoms. The summed E-state index contributed by atoms with van der Waals surface area (Å²) in [6.07, 6.45) is 1.85. The smallest absolute Gasteiger partial charge is 0.266 e. The van der Waals surface area contributed by atoms with Crippen LogP contribution < -0.4 is 5.69 Å². The van der Waals surface area contributed by atoms with E-state index in [1.807, 2.05) is 85.1 Å². The second-order valence-electron chi connectivity index (χ2n) is 7.38. The number of fused-ring (bicyclic) bond motifs is 3. The van der Waals surface area contributed by atoms with Crippen molar-refractivity contribution in [2.24, 2.45) is 0 Å². The van der Waals surface area contributed by atoms with E-state index in [0.717, 1.165) is 43.0 Å². The van der Waals surface area contributed by atoms with Crippen LogP contribution in [0.25, 0.3) is 48.5 Å². The number of para-hydroxylation sites is 1. The van der Waals surface area contributed by atoms with E-state index in [4.69, 9.17) is 0 Å². The molecule has 32 heavy (non-hydrogen) atoms. The molecule has 0 aliphatic heterocycles. The molecule has 6 aromatic rings. The number of rotatable bonds is 3. The number of thiophene rings is 1. The van der Waals surface area contributed by atoms with Crippen LogP contribution in [0.1, 0.15) is 0 Å². The first-order valence-corrected chi connectivity index (χ1v) is 11.0. The highest BCUT2D eigenvalue weighted by atomic mass is 32.1. The van der Waals surface area contributed by atoms with Crippen LogP contribution in [0.3, 0.4) is 0 Å². The minimum Gasteiger partial charge on any atom is -0.266 e. The standard InChI is InChI=1S/C26H16N4OS/c31-26-27-24-20(16-30(26)19-14-8-3-9-15-19)32-25-22(24)21(17-10-4-1-5-11-17)23(28-29-25)18-12-6-2-7-13-18/h1-16H. The molecular weight excluding hydrogens is 416 g/mol. The molecule has 0 saturated heterocycles. The van der Waals surface area contributed by atoms with Crippen LogP contribution in [0.4, 0.5) is 0 Å². The molecule has 0 aliphatic rings. The van der Waals surface area contributed by atoms with Crippen LogP contribution in [-0.2, 0) is 0 Å². The number of nitrogens with zero attached hydrogens (tertiary/aromatic N) is 4. The maximum atomic E-state index is 13.0. The molecule has 152 valence electrons. The first-order chi connectivity index (χ1) is 15.8. The van der Waals surface area contributed by atoms with Crippen LogP contribution in [0.15, 0.2) is 102 Å². The van der Waals surface area contributed by atoms with Crippen molar-refractivity contribution in [2.45, 2.75) is 0 Å². The third kappa shape index (κ3) is 3.01. The lowest BCUT2D eigenvalue weighted by Gasteiger charge is -2.10. The van der Waals surface area contributed by atoms with Gasteiger partial charge in [-0.25, -0.2) is 4.79 Å². The Morgan fingerprint density at radius 3 is 2.03 bits per heavy atom. The zero-order valence-electron chi connectivity index (χ0n) is 16.8. The number of hydrogen-bond acceptors (Lipinski definition) is 5. The van der Waals surface area contributed by atoms with E-state index in [2.05, 4.69) is 27.3 Å². The number of hydrogen-bond donors (Lipinski definition) is 0. The Hall–Kier alpha value is -4.16. The maximum Gasteiger partial charge on any atom is 0.352 e. The molecule has 0 amide bonds. The van der Waals surface area contributed by atoms with Gasteiger partial charge in [0.2, 0.25) is 0 Å². The Morgan fingerprint density at radius 1 is 0.719 bits per heavy atom. The summed E-state index contributed by atoms with van der Waals surface area (Å²) in [5, 5.41) is 9.99. The molecular formula is C26H16N4OS. The third-order valence-electron chi connectivity index (χ3n) is 5.42. The molecule has 5 nitrogen and oxygen atoms in total. The zero-order valence-corrected chi connectivity index (χ0v) is 17.7. The quantitative estimate of drug-likeness (QED) is 0.359.